The Balaban J connectivity index is 2.24. The molecule has 0 saturated heterocycles. The van der Waals surface area contributed by atoms with E-state index in [1.165, 1.54) is 31.3 Å². The Bertz CT molecular complexity index is 284. The third-order valence-electron chi connectivity index (χ3n) is 4.60. The van der Waals surface area contributed by atoms with Crippen LogP contribution in [0.2, 0.25) is 0 Å². The van der Waals surface area contributed by atoms with Crippen LogP contribution in [0.15, 0.2) is 23.8 Å². The Morgan fingerprint density at radius 1 is 1.33 bits per heavy atom. The topological polar surface area (TPSA) is 0 Å². The number of rotatable bonds is 1. The van der Waals surface area contributed by atoms with Crippen LogP contribution in [-0.2, 0) is 0 Å². The molecule has 0 aliphatic heterocycles. The second-order valence-corrected chi connectivity index (χ2v) is 5.80. The highest BCUT2D eigenvalue weighted by Gasteiger charge is 2.37. The van der Waals surface area contributed by atoms with Gasteiger partial charge in [-0.05, 0) is 63.2 Å². The van der Waals surface area contributed by atoms with Crippen LogP contribution in [0, 0.1) is 23.7 Å². The van der Waals surface area contributed by atoms with Crippen molar-refractivity contribution in [3.63, 3.8) is 0 Å². The van der Waals surface area contributed by atoms with E-state index in [1.807, 2.05) is 0 Å². The predicted molar refractivity (Wildman–Crippen MR) is 66.7 cm³/mol. The lowest BCUT2D eigenvalue weighted by Gasteiger charge is -2.44. The minimum atomic E-state index is 0.765. The first-order valence-corrected chi connectivity index (χ1v) is 6.42. The summed E-state index contributed by atoms with van der Waals surface area (Å²) in [6.45, 7) is 11.2. The van der Waals surface area contributed by atoms with Gasteiger partial charge >= 0.3 is 0 Å². The van der Waals surface area contributed by atoms with Gasteiger partial charge in [-0.2, -0.15) is 0 Å². The predicted octanol–water partition coefficient (Wildman–Crippen LogP) is 4.58. The van der Waals surface area contributed by atoms with Crippen LogP contribution in [0.3, 0.4) is 0 Å². The van der Waals surface area contributed by atoms with Crippen molar-refractivity contribution in [2.45, 2.75) is 46.5 Å². The summed E-state index contributed by atoms with van der Waals surface area (Å²) in [5.74, 6) is 3.43. The van der Waals surface area contributed by atoms with E-state index < -0.39 is 0 Å². The van der Waals surface area contributed by atoms with Crippen molar-refractivity contribution >= 4 is 0 Å². The molecule has 4 atom stereocenters. The fraction of sp³-hybridized carbons (Fsp3) is 0.733. The molecule has 0 unspecified atom stereocenters. The molecule has 84 valence electrons. The minimum Gasteiger partial charge on any atom is -0.0998 e. The molecular formula is C15H24. The van der Waals surface area contributed by atoms with Gasteiger partial charge in [-0.25, -0.2) is 0 Å². The molecule has 2 aliphatic rings. The van der Waals surface area contributed by atoms with Gasteiger partial charge in [0.15, 0.2) is 0 Å². The van der Waals surface area contributed by atoms with E-state index in [4.69, 9.17) is 0 Å². The molecule has 0 spiro atoms. The number of hydrogen-bond donors (Lipinski definition) is 0. The molecule has 2 aliphatic carbocycles. The average Bonchev–Trinajstić information content (AvgIpc) is 2.17. The summed E-state index contributed by atoms with van der Waals surface area (Å²) in [5.41, 5.74) is 3.01. The van der Waals surface area contributed by atoms with Gasteiger partial charge in [0.1, 0.15) is 0 Å². The van der Waals surface area contributed by atoms with Gasteiger partial charge in [0.05, 0.1) is 0 Å². The van der Waals surface area contributed by atoms with Gasteiger partial charge < -0.3 is 0 Å². The zero-order valence-corrected chi connectivity index (χ0v) is 10.4. The molecule has 2 rings (SSSR count). The molecule has 0 nitrogen and oxygen atoms in total. The zero-order chi connectivity index (χ0) is 11.0. The van der Waals surface area contributed by atoms with Crippen LogP contribution in [0.4, 0.5) is 0 Å². The number of fused-ring (bicyclic) bond motifs is 1. The first kappa shape index (κ1) is 11.0. The van der Waals surface area contributed by atoms with E-state index in [0.717, 1.165) is 23.7 Å². The summed E-state index contributed by atoms with van der Waals surface area (Å²) >= 11 is 0. The molecule has 0 amide bonds. The van der Waals surface area contributed by atoms with Crippen LogP contribution in [-0.4, -0.2) is 0 Å². The van der Waals surface area contributed by atoms with E-state index in [9.17, 15) is 0 Å². The van der Waals surface area contributed by atoms with Gasteiger partial charge in [0.2, 0.25) is 0 Å². The third kappa shape index (κ3) is 2.04. The summed E-state index contributed by atoms with van der Waals surface area (Å²) in [6.07, 6.45) is 8.07. The van der Waals surface area contributed by atoms with E-state index in [2.05, 4.69) is 33.4 Å². The Kier molecular flexibility index (Phi) is 3.04. The molecule has 0 aromatic carbocycles. The van der Waals surface area contributed by atoms with Gasteiger partial charge in [-0.1, -0.05) is 30.7 Å². The molecule has 0 aromatic rings. The summed E-state index contributed by atoms with van der Waals surface area (Å²) in [6, 6.07) is 0. The Morgan fingerprint density at radius 2 is 2.07 bits per heavy atom. The maximum Gasteiger partial charge on any atom is -0.0134 e. The zero-order valence-electron chi connectivity index (χ0n) is 10.4. The number of allylic oxidation sites excluding steroid dienone is 3. The van der Waals surface area contributed by atoms with E-state index in [1.54, 1.807) is 5.57 Å². The van der Waals surface area contributed by atoms with Crippen molar-refractivity contribution in [3.05, 3.63) is 23.8 Å². The lowest BCUT2D eigenvalue weighted by molar-refractivity contribution is 0.135. The van der Waals surface area contributed by atoms with Gasteiger partial charge in [0, 0.05) is 0 Å². The quantitative estimate of drug-likeness (QED) is 0.548. The van der Waals surface area contributed by atoms with Crippen molar-refractivity contribution < 1.29 is 0 Å². The molecule has 1 fully saturated rings. The summed E-state index contributed by atoms with van der Waals surface area (Å²) < 4.78 is 0. The second kappa shape index (κ2) is 4.15. The molecule has 1 saturated carbocycles. The first-order chi connectivity index (χ1) is 7.09. The second-order valence-electron chi connectivity index (χ2n) is 5.80. The lowest BCUT2D eigenvalue weighted by Crippen LogP contribution is -2.34. The third-order valence-corrected chi connectivity index (χ3v) is 4.60. The van der Waals surface area contributed by atoms with Gasteiger partial charge in [-0.15, -0.1) is 0 Å². The van der Waals surface area contributed by atoms with Crippen molar-refractivity contribution in [1.29, 1.82) is 0 Å². The molecule has 0 heterocycles. The summed E-state index contributed by atoms with van der Waals surface area (Å²) in [7, 11) is 0. The minimum absolute atomic E-state index is 0.765. The lowest BCUT2D eigenvalue weighted by atomic mass is 9.61. The Morgan fingerprint density at radius 3 is 2.73 bits per heavy atom. The van der Waals surface area contributed by atoms with Crippen LogP contribution in [0.1, 0.15) is 46.5 Å². The molecular weight excluding hydrogens is 180 g/mol. The summed E-state index contributed by atoms with van der Waals surface area (Å²) in [5, 5.41) is 0. The highest BCUT2D eigenvalue weighted by atomic mass is 14.4. The van der Waals surface area contributed by atoms with Crippen molar-refractivity contribution in [2.24, 2.45) is 23.7 Å². The Hall–Kier alpha value is -0.520. The molecule has 0 heteroatoms. The fourth-order valence-electron chi connectivity index (χ4n) is 3.62. The summed E-state index contributed by atoms with van der Waals surface area (Å²) in [4.78, 5) is 0. The SMILES string of the molecule is C=C(C)[C@H]1CC[C@@H](C)[C@@H]2CCC(C)=C[C@@H]21. The van der Waals surface area contributed by atoms with Crippen molar-refractivity contribution in [3.8, 4) is 0 Å². The normalized spacial score (nSPS) is 40.6. The first-order valence-electron chi connectivity index (χ1n) is 6.42. The Labute approximate surface area is 94.5 Å². The monoisotopic (exact) mass is 204 g/mol. The van der Waals surface area contributed by atoms with Crippen LogP contribution >= 0.6 is 0 Å². The van der Waals surface area contributed by atoms with Crippen molar-refractivity contribution in [1.82, 2.24) is 0 Å². The maximum atomic E-state index is 4.19. The largest absolute Gasteiger partial charge is 0.0998 e. The van der Waals surface area contributed by atoms with Crippen LogP contribution in [0.5, 0.6) is 0 Å². The molecule has 0 radical (unpaired) electrons. The molecule has 0 aromatic heterocycles. The molecule has 0 bridgehead atoms. The van der Waals surface area contributed by atoms with Crippen LogP contribution < -0.4 is 0 Å². The van der Waals surface area contributed by atoms with Crippen LogP contribution in [0.25, 0.3) is 0 Å². The van der Waals surface area contributed by atoms with E-state index in [-0.39, 0.29) is 0 Å². The fourth-order valence-corrected chi connectivity index (χ4v) is 3.62. The highest BCUT2D eigenvalue weighted by Crippen LogP contribution is 2.47. The van der Waals surface area contributed by atoms with Crippen molar-refractivity contribution in [2.75, 3.05) is 0 Å². The van der Waals surface area contributed by atoms with Gasteiger partial charge in [-0.3, -0.25) is 0 Å². The highest BCUT2D eigenvalue weighted by molar-refractivity contribution is 5.15. The number of hydrogen-bond acceptors (Lipinski definition) is 0. The van der Waals surface area contributed by atoms with Gasteiger partial charge in [0.25, 0.3) is 0 Å². The standard InChI is InChI=1S/C15H24/c1-10(2)13-8-6-12(4)14-7-5-11(3)9-15(13)14/h9,12-15H,1,5-8H2,2-4H3/t12-,13-,14+,15-/m1/s1. The molecule has 15 heavy (non-hydrogen) atoms. The maximum absolute atomic E-state index is 4.19. The average molecular weight is 204 g/mol. The van der Waals surface area contributed by atoms with E-state index >= 15 is 0 Å². The smallest absolute Gasteiger partial charge is 0.0134 e. The molecule has 0 N–H and O–H groups in total. The van der Waals surface area contributed by atoms with E-state index in [0.29, 0.717) is 0 Å².